The van der Waals surface area contributed by atoms with Crippen LogP contribution >= 0.6 is 0 Å². The summed E-state index contributed by atoms with van der Waals surface area (Å²) in [5, 5.41) is 2.95. The van der Waals surface area contributed by atoms with Crippen LogP contribution in [0.1, 0.15) is 49.9 Å². The zero-order valence-corrected chi connectivity index (χ0v) is 17.5. The summed E-state index contributed by atoms with van der Waals surface area (Å²) < 4.78 is 30.5. The Morgan fingerprint density at radius 1 is 1.25 bits per heavy atom. The van der Waals surface area contributed by atoms with Crippen molar-refractivity contribution in [1.29, 1.82) is 0 Å². The first-order valence-electron chi connectivity index (χ1n) is 9.31. The number of sulfonamides is 1. The average molecular weight is 413 g/mol. The Balaban J connectivity index is 2.04. The Morgan fingerprint density at radius 2 is 1.93 bits per heavy atom. The first-order valence-corrected chi connectivity index (χ1v) is 10.7. The van der Waals surface area contributed by atoms with Gasteiger partial charge in [0.25, 0.3) is 15.9 Å². The molecular formula is C19H28N2O6S. The van der Waals surface area contributed by atoms with E-state index in [1.54, 1.807) is 0 Å². The topological polar surface area (TPSA) is 102 Å². The van der Waals surface area contributed by atoms with E-state index in [1.165, 1.54) is 45.3 Å². The van der Waals surface area contributed by atoms with Gasteiger partial charge in [0.2, 0.25) is 0 Å². The third-order valence-electron chi connectivity index (χ3n) is 5.06. The number of rotatable bonds is 7. The van der Waals surface area contributed by atoms with Crippen LogP contribution in [0.15, 0.2) is 29.2 Å². The van der Waals surface area contributed by atoms with Crippen molar-refractivity contribution in [2.75, 3.05) is 14.2 Å². The molecule has 8 nitrogen and oxygen atoms in total. The Bertz CT molecular complexity index is 810. The van der Waals surface area contributed by atoms with Crippen LogP contribution in [0.25, 0.3) is 0 Å². The van der Waals surface area contributed by atoms with Crippen LogP contribution in [0.2, 0.25) is 0 Å². The molecule has 0 unspecified atom stereocenters. The molecule has 2 rings (SSSR count). The summed E-state index contributed by atoms with van der Waals surface area (Å²) in [4.78, 5) is 29.4. The summed E-state index contributed by atoms with van der Waals surface area (Å²) in [6, 6.07) is 5.49. The molecule has 1 aromatic carbocycles. The van der Waals surface area contributed by atoms with Crippen molar-refractivity contribution in [2.24, 2.45) is 5.92 Å². The smallest absolute Gasteiger partial charge is 0.338 e. The number of carbonyl (C=O) groups is 2. The van der Waals surface area contributed by atoms with Crippen molar-refractivity contribution in [3.63, 3.8) is 0 Å². The molecule has 1 amide bonds. The van der Waals surface area contributed by atoms with Gasteiger partial charge in [-0.25, -0.2) is 13.2 Å². The number of hydrogen-bond acceptors (Lipinski definition) is 6. The summed E-state index contributed by atoms with van der Waals surface area (Å²) in [6.07, 6.45) is 3.23. The van der Waals surface area contributed by atoms with Crippen molar-refractivity contribution >= 4 is 21.9 Å². The SMILES string of the molecule is CON(C)S(=O)(=O)c1cccc(C(=O)O[C@H](C)C(=O)N[C@H]2CCCC[C@@H]2C)c1. The number of nitrogens with zero attached hydrogens (tertiary/aromatic N) is 1. The van der Waals surface area contributed by atoms with E-state index < -0.39 is 22.1 Å². The summed E-state index contributed by atoms with van der Waals surface area (Å²) in [5.74, 6) is -0.730. The van der Waals surface area contributed by atoms with Gasteiger partial charge in [-0.2, -0.15) is 0 Å². The van der Waals surface area contributed by atoms with Gasteiger partial charge in [-0.1, -0.05) is 30.3 Å². The highest BCUT2D eigenvalue weighted by Gasteiger charge is 2.27. The largest absolute Gasteiger partial charge is 0.449 e. The van der Waals surface area contributed by atoms with Gasteiger partial charge in [0.1, 0.15) is 0 Å². The van der Waals surface area contributed by atoms with Gasteiger partial charge in [-0.05, 0) is 43.9 Å². The van der Waals surface area contributed by atoms with Gasteiger partial charge < -0.3 is 10.1 Å². The molecule has 156 valence electrons. The van der Waals surface area contributed by atoms with Gasteiger partial charge in [0.05, 0.1) is 17.6 Å². The molecule has 1 N–H and O–H groups in total. The van der Waals surface area contributed by atoms with E-state index in [-0.39, 0.29) is 22.4 Å². The fourth-order valence-corrected chi connectivity index (χ4v) is 4.16. The Morgan fingerprint density at radius 3 is 2.57 bits per heavy atom. The Labute approximate surface area is 166 Å². The molecule has 28 heavy (non-hydrogen) atoms. The molecule has 9 heteroatoms. The molecule has 0 saturated heterocycles. The molecule has 0 heterocycles. The van der Waals surface area contributed by atoms with Crippen LogP contribution in [0.3, 0.4) is 0 Å². The van der Waals surface area contributed by atoms with Crippen LogP contribution < -0.4 is 5.32 Å². The van der Waals surface area contributed by atoms with Gasteiger partial charge in [-0.15, -0.1) is 0 Å². The van der Waals surface area contributed by atoms with Crippen LogP contribution in [0.4, 0.5) is 0 Å². The van der Waals surface area contributed by atoms with Gasteiger partial charge in [0, 0.05) is 13.1 Å². The quantitative estimate of drug-likeness (QED) is 0.544. The number of esters is 1. The monoisotopic (exact) mass is 412 g/mol. The first-order chi connectivity index (χ1) is 13.2. The van der Waals surface area contributed by atoms with Crippen molar-refractivity contribution in [2.45, 2.75) is 56.6 Å². The number of benzene rings is 1. The van der Waals surface area contributed by atoms with E-state index in [0.717, 1.165) is 25.7 Å². The average Bonchev–Trinajstić information content (AvgIpc) is 2.68. The minimum atomic E-state index is -3.89. The van der Waals surface area contributed by atoms with Crippen LogP contribution in [0, 0.1) is 5.92 Å². The van der Waals surface area contributed by atoms with Gasteiger partial charge in [0.15, 0.2) is 6.10 Å². The first kappa shape index (κ1) is 22.3. The van der Waals surface area contributed by atoms with Crippen molar-refractivity contribution < 1.29 is 27.6 Å². The molecule has 1 aliphatic rings. The van der Waals surface area contributed by atoms with Crippen molar-refractivity contribution in [3.05, 3.63) is 29.8 Å². The molecule has 1 saturated carbocycles. The predicted octanol–water partition coefficient (Wildman–Crippen LogP) is 2.11. The zero-order valence-electron chi connectivity index (χ0n) is 16.7. The second-order valence-electron chi connectivity index (χ2n) is 7.05. The number of hydroxylamine groups is 1. The third-order valence-corrected chi connectivity index (χ3v) is 6.73. The maximum atomic E-state index is 12.4. The molecule has 1 aliphatic carbocycles. The molecule has 0 bridgehead atoms. The second-order valence-corrected chi connectivity index (χ2v) is 8.99. The highest BCUT2D eigenvalue weighted by molar-refractivity contribution is 7.89. The van der Waals surface area contributed by atoms with Crippen LogP contribution in [-0.4, -0.2) is 51.1 Å². The number of carbonyl (C=O) groups excluding carboxylic acids is 2. The lowest BCUT2D eigenvalue weighted by Gasteiger charge is -2.30. The minimum Gasteiger partial charge on any atom is -0.449 e. The summed E-state index contributed by atoms with van der Waals surface area (Å²) >= 11 is 0. The Hall–Kier alpha value is -1.97. The lowest BCUT2D eigenvalue weighted by Crippen LogP contribution is -2.46. The molecule has 1 aromatic rings. The van der Waals surface area contributed by atoms with E-state index in [2.05, 4.69) is 12.2 Å². The molecule has 0 aliphatic heterocycles. The lowest BCUT2D eigenvalue weighted by molar-refractivity contribution is -0.130. The maximum absolute atomic E-state index is 12.4. The fraction of sp³-hybridized carbons (Fsp3) is 0.579. The van der Waals surface area contributed by atoms with Crippen LogP contribution in [0.5, 0.6) is 0 Å². The number of hydrogen-bond donors (Lipinski definition) is 1. The van der Waals surface area contributed by atoms with Crippen molar-refractivity contribution in [3.8, 4) is 0 Å². The third kappa shape index (κ3) is 5.30. The normalized spacial score (nSPS) is 21.2. The van der Waals surface area contributed by atoms with E-state index in [1.807, 2.05) is 0 Å². The van der Waals surface area contributed by atoms with Crippen LogP contribution in [-0.2, 0) is 24.4 Å². The highest BCUT2D eigenvalue weighted by atomic mass is 32.2. The minimum absolute atomic E-state index is 0.0382. The predicted molar refractivity (Wildman–Crippen MR) is 103 cm³/mol. The van der Waals surface area contributed by atoms with E-state index >= 15 is 0 Å². The number of ether oxygens (including phenoxy) is 1. The maximum Gasteiger partial charge on any atom is 0.338 e. The van der Waals surface area contributed by atoms with E-state index in [0.29, 0.717) is 10.4 Å². The number of amides is 1. The van der Waals surface area contributed by atoms with Crippen molar-refractivity contribution in [1.82, 2.24) is 9.79 Å². The zero-order chi connectivity index (χ0) is 20.9. The Kier molecular flexibility index (Phi) is 7.56. The molecule has 1 fully saturated rings. The highest BCUT2D eigenvalue weighted by Crippen LogP contribution is 2.24. The fourth-order valence-electron chi connectivity index (χ4n) is 3.14. The van der Waals surface area contributed by atoms with Gasteiger partial charge in [-0.3, -0.25) is 9.63 Å². The second kappa shape index (κ2) is 9.49. The molecule has 0 radical (unpaired) electrons. The summed E-state index contributed by atoms with van der Waals surface area (Å²) in [5.41, 5.74) is 0.0382. The molecule has 0 aromatic heterocycles. The number of nitrogens with one attached hydrogen (secondary N) is 1. The van der Waals surface area contributed by atoms with E-state index in [4.69, 9.17) is 9.57 Å². The standard InChI is InChI=1S/C19H28N2O6S/c1-13-8-5-6-11-17(13)20-18(22)14(2)27-19(23)15-9-7-10-16(12-15)28(24,25)21(3)26-4/h7,9-10,12-14,17H,5-6,8,11H2,1-4H3,(H,20,22)/t13-,14+,17-/m0/s1. The van der Waals surface area contributed by atoms with Gasteiger partial charge >= 0.3 is 5.97 Å². The molecular weight excluding hydrogens is 384 g/mol. The lowest BCUT2D eigenvalue weighted by atomic mass is 9.86. The molecule has 0 spiro atoms. The summed E-state index contributed by atoms with van der Waals surface area (Å²) in [6.45, 7) is 3.60. The van der Waals surface area contributed by atoms with E-state index in [9.17, 15) is 18.0 Å². The summed E-state index contributed by atoms with van der Waals surface area (Å²) in [7, 11) is -1.42. The molecule has 3 atom stereocenters.